The molecule has 1 saturated heterocycles. The lowest BCUT2D eigenvalue weighted by atomic mass is 10.1. The highest BCUT2D eigenvalue weighted by molar-refractivity contribution is 5.83. The van der Waals surface area contributed by atoms with E-state index in [1.165, 1.54) is 24.8 Å². The minimum atomic E-state index is 0.0111. The summed E-state index contributed by atoms with van der Waals surface area (Å²) in [6, 6.07) is 16.3. The molecule has 7 nitrogen and oxygen atoms in total. The van der Waals surface area contributed by atoms with Crippen LogP contribution in [0, 0.1) is 6.92 Å². The molecule has 4 aromatic rings. The quantitative estimate of drug-likeness (QED) is 0.505. The van der Waals surface area contributed by atoms with E-state index in [4.69, 9.17) is 4.98 Å². The standard InChI is InChI=1S/C25H28N6O/c1-18-9-11-19(12-10-18)17-26-23(32)14-13-22-28-29-25-24(30-15-5-2-6-16-30)27-20-7-3-4-8-21(20)31(22)25/h3-4,7-12H,2,5-6,13-17H2,1H3,(H,26,32). The van der Waals surface area contributed by atoms with Crippen LogP contribution in [0.25, 0.3) is 16.7 Å². The SMILES string of the molecule is Cc1ccc(CNC(=O)CCc2nnc3c(N4CCCCC4)nc4ccccc4n23)cc1. The largest absolute Gasteiger partial charge is 0.353 e. The van der Waals surface area contributed by atoms with Gasteiger partial charge in [-0.2, -0.15) is 0 Å². The molecule has 164 valence electrons. The zero-order valence-electron chi connectivity index (χ0n) is 18.4. The van der Waals surface area contributed by atoms with Crippen LogP contribution >= 0.6 is 0 Å². The summed E-state index contributed by atoms with van der Waals surface area (Å²) < 4.78 is 2.08. The fourth-order valence-electron chi connectivity index (χ4n) is 4.33. The number of amides is 1. The molecule has 0 atom stereocenters. The number of carbonyl (C=O) groups is 1. The maximum absolute atomic E-state index is 12.5. The van der Waals surface area contributed by atoms with Gasteiger partial charge in [0.15, 0.2) is 5.82 Å². The lowest BCUT2D eigenvalue weighted by Crippen LogP contribution is -2.30. The lowest BCUT2D eigenvalue weighted by Gasteiger charge is -2.28. The van der Waals surface area contributed by atoms with Crippen LogP contribution in [0.15, 0.2) is 48.5 Å². The molecule has 1 aliphatic heterocycles. The molecule has 2 aromatic carbocycles. The van der Waals surface area contributed by atoms with E-state index in [-0.39, 0.29) is 5.91 Å². The molecule has 0 saturated carbocycles. The van der Waals surface area contributed by atoms with Gasteiger partial charge in [0.1, 0.15) is 5.82 Å². The third-order valence-corrected chi connectivity index (χ3v) is 6.12. The maximum Gasteiger partial charge on any atom is 0.220 e. The molecular weight excluding hydrogens is 400 g/mol. The van der Waals surface area contributed by atoms with Crippen molar-refractivity contribution in [3.63, 3.8) is 0 Å². The first-order valence-electron chi connectivity index (χ1n) is 11.4. The molecule has 3 heterocycles. The summed E-state index contributed by atoms with van der Waals surface area (Å²) in [5.74, 6) is 1.70. The average molecular weight is 429 g/mol. The summed E-state index contributed by atoms with van der Waals surface area (Å²) in [4.78, 5) is 19.7. The molecule has 1 aliphatic rings. The van der Waals surface area contributed by atoms with Crippen LogP contribution in [0.4, 0.5) is 5.82 Å². The van der Waals surface area contributed by atoms with Crippen LogP contribution in [0.5, 0.6) is 0 Å². The van der Waals surface area contributed by atoms with Gasteiger partial charge in [0.2, 0.25) is 11.6 Å². The van der Waals surface area contributed by atoms with Crippen LogP contribution in [0.3, 0.4) is 0 Å². The van der Waals surface area contributed by atoms with E-state index in [2.05, 4.69) is 43.9 Å². The number of aryl methyl sites for hydroxylation is 2. The van der Waals surface area contributed by atoms with E-state index in [1.807, 2.05) is 36.4 Å². The average Bonchev–Trinajstić information content (AvgIpc) is 3.27. The highest BCUT2D eigenvalue weighted by Crippen LogP contribution is 2.27. The second-order valence-corrected chi connectivity index (χ2v) is 8.51. The van der Waals surface area contributed by atoms with Gasteiger partial charge >= 0.3 is 0 Å². The Kier molecular flexibility index (Phi) is 5.71. The maximum atomic E-state index is 12.5. The summed E-state index contributed by atoms with van der Waals surface area (Å²) in [6.45, 7) is 4.57. The van der Waals surface area contributed by atoms with Crippen molar-refractivity contribution in [3.8, 4) is 0 Å². The van der Waals surface area contributed by atoms with Crippen molar-refractivity contribution in [2.24, 2.45) is 0 Å². The van der Waals surface area contributed by atoms with Gasteiger partial charge in [0.25, 0.3) is 0 Å². The Hall–Kier alpha value is -3.48. The predicted octanol–water partition coefficient (Wildman–Crippen LogP) is 3.83. The smallest absolute Gasteiger partial charge is 0.220 e. The van der Waals surface area contributed by atoms with E-state index in [1.54, 1.807) is 0 Å². The fraction of sp³-hybridized carbons (Fsp3) is 0.360. The number of aromatic nitrogens is 4. The molecular formula is C25H28N6O. The first-order valence-corrected chi connectivity index (χ1v) is 11.4. The van der Waals surface area contributed by atoms with Gasteiger partial charge in [0.05, 0.1) is 11.0 Å². The Labute approximate surface area is 187 Å². The van der Waals surface area contributed by atoms with E-state index >= 15 is 0 Å². The van der Waals surface area contributed by atoms with Crippen molar-refractivity contribution in [2.45, 2.75) is 45.6 Å². The molecule has 1 N–H and O–H groups in total. The van der Waals surface area contributed by atoms with Crippen LogP contribution in [0.1, 0.15) is 42.6 Å². The van der Waals surface area contributed by atoms with Crippen LogP contribution in [-0.4, -0.2) is 38.6 Å². The minimum absolute atomic E-state index is 0.0111. The molecule has 7 heteroatoms. The summed E-state index contributed by atoms with van der Waals surface area (Å²) >= 11 is 0. The third-order valence-electron chi connectivity index (χ3n) is 6.12. The number of nitrogens with zero attached hydrogens (tertiary/aromatic N) is 5. The summed E-state index contributed by atoms with van der Waals surface area (Å²) in [7, 11) is 0. The zero-order valence-corrected chi connectivity index (χ0v) is 18.4. The highest BCUT2D eigenvalue weighted by Gasteiger charge is 2.21. The van der Waals surface area contributed by atoms with Crippen molar-refractivity contribution in [1.29, 1.82) is 0 Å². The second kappa shape index (κ2) is 8.94. The van der Waals surface area contributed by atoms with E-state index in [0.29, 0.717) is 19.4 Å². The molecule has 32 heavy (non-hydrogen) atoms. The number of para-hydroxylation sites is 2. The lowest BCUT2D eigenvalue weighted by molar-refractivity contribution is -0.121. The van der Waals surface area contributed by atoms with Gasteiger partial charge < -0.3 is 10.2 Å². The third kappa shape index (κ3) is 4.15. The molecule has 0 unspecified atom stereocenters. The number of carbonyl (C=O) groups excluding carboxylic acids is 1. The van der Waals surface area contributed by atoms with Crippen molar-refractivity contribution >= 4 is 28.4 Å². The number of hydrogen-bond donors (Lipinski definition) is 1. The van der Waals surface area contributed by atoms with Crippen molar-refractivity contribution in [3.05, 3.63) is 65.5 Å². The van der Waals surface area contributed by atoms with Gasteiger partial charge in [-0.15, -0.1) is 10.2 Å². The first kappa shape index (κ1) is 20.4. The van der Waals surface area contributed by atoms with Crippen molar-refractivity contribution in [2.75, 3.05) is 18.0 Å². The molecule has 0 aliphatic carbocycles. The number of piperidine rings is 1. The fourth-order valence-corrected chi connectivity index (χ4v) is 4.33. The van der Waals surface area contributed by atoms with Crippen molar-refractivity contribution < 1.29 is 4.79 Å². The van der Waals surface area contributed by atoms with E-state index in [0.717, 1.165) is 47.0 Å². The number of benzene rings is 2. The Balaban J connectivity index is 1.37. The Bertz CT molecular complexity index is 1240. The monoisotopic (exact) mass is 428 g/mol. The summed E-state index contributed by atoms with van der Waals surface area (Å²) in [5, 5.41) is 12.0. The van der Waals surface area contributed by atoms with Gasteiger partial charge in [0, 0.05) is 32.5 Å². The van der Waals surface area contributed by atoms with Gasteiger partial charge in [-0.05, 0) is 43.9 Å². The Morgan fingerprint density at radius 1 is 1.00 bits per heavy atom. The molecule has 0 radical (unpaired) electrons. The first-order chi connectivity index (χ1) is 15.7. The van der Waals surface area contributed by atoms with Gasteiger partial charge in [-0.3, -0.25) is 9.20 Å². The Morgan fingerprint density at radius 3 is 2.59 bits per heavy atom. The molecule has 0 bridgehead atoms. The topological polar surface area (TPSA) is 75.4 Å². The zero-order chi connectivity index (χ0) is 21.9. The van der Waals surface area contributed by atoms with E-state index < -0.39 is 0 Å². The van der Waals surface area contributed by atoms with Gasteiger partial charge in [-0.1, -0.05) is 42.0 Å². The summed E-state index contributed by atoms with van der Waals surface area (Å²) in [5.41, 5.74) is 4.99. The van der Waals surface area contributed by atoms with Crippen LogP contribution < -0.4 is 10.2 Å². The molecule has 1 amide bonds. The Morgan fingerprint density at radius 2 is 1.78 bits per heavy atom. The number of nitrogens with one attached hydrogen (secondary N) is 1. The second-order valence-electron chi connectivity index (χ2n) is 8.51. The van der Waals surface area contributed by atoms with Gasteiger partial charge in [-0.25, -0.2) is 4.98 Å². The van der Waals surface area contributed by atoms with Crippen LogP contribution in [-0.2, 0) is 17.8 Å². The molecule has 5 rings (SSSR count). The predicted molar refractivity (Wildman–Crippen MR) is 126 cm³/mol. The summed E-state index contributed by atoms with van der Waals surface area (Å²) in [6.07, 6.45) is 4.48. The number of hydrogen-bond acceptors (Lipinski definition) is 5. The molecule has 0 spiro atoms. The van der Waals surface area contributed by atoms with Crippen molar-refractivity contribution in [1.82, 2.24) is 24.9 Å². The van der Waals surface area contributed by atoms with Crippen LogP contribution in [0.2, 0.25) is 0 Å². The minimum Gasteiger partial charge on any atom is -0.353 e. The van der Waals surface area contributed by atoms with E-state index in [9.17, 15) is 4.79 Å². The number of rotatable bonds is 6. The number of anilines is 1. The molecule has 1 fully saturated rings. The molecule has 2 aromatic heterocycles. The highest BCUT2D eigenvalue weighted by atomic mass is 16.1. The number of fused-ring (bicyclic) bond motifs is 3. The normalized spacial score (nSPS) is 14.2.